The van der Waals surface area contributed by atoms with Crippen LogP contribution in [0, 0.1) is 10.8 Å². The van der Waals surface area contributed by atoms with Crippen LogP contribution in [-0.4, -0.2) is 11.9 Å². The SMILES string of the molecule is CC(C)(C)C(=O)[O][Zn][O]C(=O)C(C)(C)C. The number of hydrogen-bond donors (Lipinski definition) is 0. The Hall–Kier alpha value is -0.437. The quantitative estimate of drug-likeness (QED) is 0.719. The Kier molecular flexibility index (Phi) is 4.92. The molecule has 0 aliphatic carbocycles. The summed E-state index contributed by atoms with van der Waals surface area (Å²) in [6, 6.07) is 0. The fraction of sp³-hybridized carbons (Fsp3) is 0.800. The van der Waals surface area contributed by atoms with Crippen LogP contribution in [0.2, 0.25) is 0 Å². The van der Waals surface area contributed by atoms with Crippen molar-refractivity contribution in [1.82, 2.24) is 0 Å². The van der Waals surface area contributed by atoms with Crippen LogP contribution in [0.3, 0.4) is 0 Å². The number of carbonyl (C=O) groups is 2. The van der Waals surface area contributed by atoms with Crippen LogP contribution in [0.4, 0.5) is 0 Å². The summed E-state index contributed by atoms with van der Waals surface area (Å²) in [4.78, 5) is 22.7. The van der Waals surface area contributed by atoms with E-state index >= 15 is 0 Å². The van der Waals surface area contributed by atoms with Crippen LogP contribution in [0.15, 0.2) is 0 Å². The summed E-state index contributed by atoms with van der Waals surface area (Å²) in [5.74, 6) is -0.603. The molecular weight excluding hydrogens is 249 g/mol. The number of rotatable bonds is 2. The minimum absolute atomic E-state index is 0.302. The zero-order valence-corrected chi connectivity index (χ0v) is 13.3. The monoisotopic (exact) mass is 266 g/mol. The van der Waals surface area contributed by atoms with E-state index in [4.69, 9.17) is 7.13 Å². The maximum absolute atomic E-state index is 11.3. The fourth-order valence-electron chi connectivity index (χ4n) is 0.570. The van der Waals surface area contributed by atoms with Crippen molar-refractivity contribution in [3.8, 4) is 0 Å². The summed E-state index contributed by atoms with van der Waals surface area (Å²) in [6.45, 7) is 10.6. The summed E-state index contributed by atoms with van der Waals surface area (Å²) < 4.78 is 9.96. The predicted molar refractivity (Wildman–Crippen MR) is 51.1 cm³/mol. The van der Waals surface area contributed by atoms with E-state index in [1.165, 1.54) is 0 Å². The first-order chi connectivity index (χ1) is 6.55. The van der Waals surface area contributed by atoms with Crippen molar-refractivity contribution < 1.29 is 34.6 Å². The first kappa shape index (κ1) is 14.6. The molecule has 0 aromatic carbocycles. The molecule has 0 amide bonds. The zero-order valence-electron chi connectivity index (χ0n) is 10.3. The Balaban J connectivity index is 3.92. The molecule has 5 heteroatoms. The van der Waals surface area contributed by atoms with E-state index in [1.807, 2.05) is 0 Å². The normalized spacial score (nSPS) is 11.6. The van der Waals surface area contributed by atoms with Crippen LogP contribution in [0.5, 0.6) is 0 Å². The maximum atomic E-state index is 11.3. The minimum atomic E-state index is -1.97. The van der Waals surface area contributed by atoms with Gasteiger partial charge in [0, 0.05) is 0 Å². The van der Waals surface area contributed by atoms with Crippen LogP contribution in [0.25, 0.3) is 0 Å². The molecule has 0 heterocycles. The Bertz CT molecular complexity index is 221. The van der Waals surface area contributed by atoms with Crippen LogP contribution in [0.1, 0.15) is 41.5 Å². The Morgan fingerprint density at radius 3 is 1.27 bits per heavy atom. The molecule has 0 N–H and O–H groups in total. The van der Waals surface area contributed by atoms with Gasteiger partial charge in [0.15, 0.2) is 0 Å². The molecule has 15 heavy (non-hydrogen) atoms. The van der Waals surface area contributed by atoms with Crippen molar-refractivity contribution in [2.45, 2.75) is 41.5 Å². The second kappa shape index (κ2) is 5.06. The van der Waals surface area contributed by atoms with Gasteiger partial charge in [0.05, 0.1) is 0 Å². The van der Waals surface area contributed by atoms with Crippen LogP contribution in [-0.2, 0) is 34.6 Å². The number of hydrogen-bond acceptors (Lipinski definition) is 4. The van der Waals surface area contributed by atoms with Gasteiger partial charge in [-0.1, -0.05) is 0 Å². The van der Waals surface area contributed by atoms with E-state index in [9.17, 15) is 9.59 Å². The van der Waals surface area contributed by atoms with Gasteiger partial charge in [-0.3, -0.25) is 0 Å². The standard InChI is InChI=1S/2C5H10O2.Zn/c2*1-5(2,3)4(6)7;/h2*1-3H3,(H,6,7);/q;;+2/p-2. The van der Waals surface area contributed by atoms with Gasteiger partial charge in [0.1, 0.15) is 0 Å². The third kappa shape index (κ3) is 5.88. The molecule has 0 aliphatic heterocycles. The third-order valence-electron chi connectivity index (χ3n) is 1.60. The van der Waals surface area contributed by atoms with E-state index in [-0.39, 0.29) is 11.9 Å². The molecule has 0 aliphatic rings. The molecule has 0 radical (unpaired) electrons. The summed E-state index contributed by atoms with van der Waals surface area (Å²) in [7, 11) is 0. The number of carbonyl (C=O) groups excluding carboxylic acids is 2. The van der Waals surface area contributed by atoms with Crippen LogP contribution >= 0.6 is 0 Å². The molecular formula is C10H18O4Zn. The third-order valence-corrected chi connectivity index (χ3v) is 3.20. The summed E-state index contributed by atoms with van der Waals surface area (Å²) in [6.07, 6.45) is 0. The molecule has 0 aromatic heterocycles. The summed E-state index contributed by atoms with van der Waals surface area (Å²) in [5.41, 5.74) is -1.06. The van der Waals surface area contributed by atoms with Crippen molar-refractivity contribution in [2.24, 2.45) is 10.8 Å². The predicted octanol–water partition coefficient (Wildman–Crippen LogP) is 2.08. The van der Waals surface area contributed by atoms with Gasteiger partial charge in [0.2, 0.25) is 0 Å². The zero-order chi connectivity index (χ0) is 12.3. The van der Waals surface area contributed by atoms with E-state index in [1.54, 1.807) is 41.5 Å². The molecule has 0 rings (SSSR count). The molecule has 0 unspecified atom stereocenters. The molecule has 0 spiro atoms. The van der Waals surface area contributed by atoms with Crippen molar-refractivity contribution in [1.29, 1.82) is 0 Å². The van der Waals surface area contributed by atoms with Crippen LogP contribution < -0.4 is 0 Å². The average molecular weight is 268 g/mol. The Morgan fingerprint density at radius 2 is 1.07 bits per heavy atom. The van der Waals surface area contributed by atoms with Gasteiger partial charge in [-0.15, -0.1) is 0 Å². The average Bonchev–Trinajstić information content (AvgIpc) is 2.00. The first-order valence-electron chi connectivity index (χ1n) is 4.89. The summed E-state index contributed by atoms with van der Waals surface area (Å²) in [5, 5.41) is 0. The molecule has 0 atom stereocenters. The van der Waals surface area contributed by atoms with Gasteiger partial charge in [0.25, 0.3) is 0 Å². The van der Waals surface area contributed by atoms with Gasteiger partial charge in [-0.2, -0.15) is 0 Å². The molecule has 0 aromatic rings. The van der Waals surface area contributed by atoms with Crippen molar-refractivity contribution in [2.75, 3.05) is 0 Å². The topological polar surface area (TPSA) is 52.6 Å². The Morgan fingerprint density at radius 1 is 0.800 bits per heavy atom. The Labute approximate surface area is 99.1 Å². The molecule has 4 nitrogen and oxygen atoms in total. The molecule has 84 valence electrons. The van der Waals surface area contributed by atoms with Gasteiger partial charge in [-0.05, 0) is 0 Å². The first-order valence-corrected chi connectivity index (χ1v) is 7.32. The molecule has 0 bridgehead atoms. The molecule has 0 saturated carbocycles. The second-order valence-corrected chi connectivity index (χ2v) is 7.19. The van der Waals surface area contributed by atoms with Crippen molar-refractivity contribution in [3.63, 3.8) is 0 Å². The van der Waals surface area contributed by atoms with E-state index in [0.29, 0.717) is 0 Å². The van der Waals surface area contributed by atoms with Gasteiger partial charge in [-0.25, -0.2) is 0 Å². The summed E-state index contributed by atoms with van der Waals surface area (Å²) >= 11 is -1.97. The second-order valence-electron chi connectivity index (χ2n) is 5.48. The van der Waals surface area contributed by atoms with E-state index < -0.39 is 28.7 Å². The van der Waals surface area contributed by atoms with E-state index in [0.717, 1.165) is 0 Å². The van der Waals surface area contributed by atoms with Crippen molar-refractivity contribution in [3.05, 3.63) is 0 Å². The molecule has 0 saturated heterocycles. The fourth-order valence-corrected chi connectivity index (χ4v) is 2.96. The van der Waals surface area contributed by atoms with Gasteiger partial charge >= 0.3 is 98.9 Å². The van der Waals surface area contributed by atoms with E-state index in [2.05, 4.69) is 0 Å². The van der Waals surface area contributed by atoms with Gasteiger partial charge < -0.3 is 0 Å². The molecule has 0 fully saturated rings. The van der Waals surface area contributed by atoms with Crippen molar-refractivity contribution >= 4 is 11.9 Å².